The zero-order chi connectivity index (χ0) is 23.0. The fourth-order valence-electron chi connectivity index (χ4n) is 3.75. The van der Waals surface area contributed by atoms with Crippen LogP contribution in [0.2, 0.25) is 0 Å². The second-order valence-corrected chi connectivity index (χ2v) is 7.95. The monoisotopic (exact) mass is 442 g/mol. The summed E-state index contributed by atoms with van der Waals surface area (Å²) in [7, 11) is 0. The summed E-state index contributed by atoms with van der Waals surface area (Å²) < 4.78 is 0. The number of urea groups is 1. The Morgan fingerprint density at radius 2 is 1.55 bits per heavy atom. The molecule has 33 heavy (non-hydrogen) atoms. The van der Waals surface area contributed by atoms with Crippen molar-refractivity contribution < 1.29 is 14.4 Å². The SMILES string of the molecule is O=C(NCc1cccc(CN2CCCC2=O)c1)Nc1cccc(NC(=O)c2ccccc2)c1. The fourth-order valence-corrected chi connectivity index (χ4v) is 3.75. The molecular formula is C26H26N4O3. The zero-order valence-corrected chi connectivity index (χ0v) is 18.2. The summed E-state index contributed by atoms with van der Waals surface area (Å²) in [5, 5.41) is 8.47. The van der Waals surface area contributed by atoms with Crippen molar-refractivity contribution in [2.75, 3.05) is 17.2 Å². The van der Waals surface area contributed by atoms with Crippen LogP contribution in [0.3, 0.4) is 0 Å². The van der Waals surface area contributed by atoms with E-state index in [0.29, 0.717) is 36.4 Å². The normalized spacial score (nSPS) is 13.0. The molecule has 0 spiro atoms. The number of hydrogen-bond acceptors (Lipinski definition) is 3. The Balaban J connectivity index is 1.29. The van der Waals surface area contributed by atoms with Gasteiger partial charge in [-0.15, -0.1) is 0 Å². The molecule has 1 saturated heterocycles. The van der Waals surface area contributed by atoms with Gasteiger partial charge >= 0.3 is 6.03 Å². The highest BCUT2D eigenvalue weighted by Crippen LogP contribution is 2.17. The molecule has 0 aromatic heterocycles. The molecule has 4 amide bonds. The molecule has 3 aromatic carbocycles. The minimum Gasteiger partial charge on any atom is -0.338 e. The van der Waals surface area contributed by atoms with Crippen LogP contribution < -0.4 is 16.0 Å². The average Bonchev–Trinajstić information content (AvgIpc) is 3.23. The van der Waals surface area contributed by atoms with Crippen LogP contribution in [0.15, 0.2) is 78.9 Å². The molecule has 0 unspecified atom stereocenters. The fraction of sp³-hybridized carbons (Fsp3) is 0.192. The molecule has 7 nitrogen and oxygen atoms in total. The average molecular weight is 443 g/mol. The molecular weight excluding hydrogens is 416 g/mol. The third-order valence-electron chi connectivity index (χ3n) is 5.40. The molecule has 0 aliphatic carbocycles. The van der Waals surface area contributed by atoms with Crippen LogP contribution >= 0.6 is 0 Å². The predicted molar refractivity (Wildman–Crippen MR) is 128 cm³/mol. The molecule has 4 rings (SSSR count). The van der Waals surface area contributed by atoms with Gasteiger partial charge in [-0.25, -0.2) is 4.79 Å². The first-order valence-corrected chi connectivity index (χ1v) is 10.9. The lowest BCUT2D eigenvalue weighted by atomic mass is 10.1. The Hall–Kier alpha value is -4.13. The van der Waals surface area contributed by atoms with Gasteiger partial charge in [-0.05, 0) is 47.9 Å². The van der Waals surface area contributed by atoms with Gasteiger partial charge < -0.3 is 20.9 Å². The first kappa shape index (κ1) is 22.1. The number of hydrogen-bond donors (Lipinski definition) is 3. The van der Waals surface area contributed by atoms with Crippen molar-refractivity contribution in [2.45, 2.75) is 25.9 Å². The van der Waals surface area contributed by atoms with E-state index in [9.17, 15) is 14.4 Å². The van der Waals surface area contributed by atoms with Crippen molar-refractivity contribution >= 4 is 29.2 Å². The van der Waals surface area contributed by atoms with E-state index in [4.69, 9.17) is 0 Å². The summed E-state index contributed by atoms with van der Waals surface area (Å²) in [6, 6.07) is 23.4. The van der Waals surface area contributed by atoms with Gasteiger partial charge in [0, 0.05) is 43.0 Å². The van der Waals surface area contributed by atoms with Crippen LogP contribution in [-0.4, -0.2) is 29.3 Å². The first-order valence-electron chi connectivity index (χ1n) is 10.9. The Kier molecular flexibility index (Phi) is 6.99. The maximum Gasteiger partial charge on any atom is 0.319 e. The lowest BCUT2D eigenvalue weighted by molar-refractivity contribution is -0.128. The zero-order valence-electron chi connectivity index (χ0n) is 18.2. The molecule has 3 N–H and O–H groups in total. The van der Waals surface area contributed by atoms with Crippen molar-refractivity contribution in [3.63, 3.8) is 0 Å². The van der Waals surface area contributed by atoms with E-state index in [0.717, 1.165) is 24.1 Å². The molecule has 0 atom stereocenters. The maximum atomic E-state index is 12.4. The standard InChI is InChI=1S/C26H26N4O3/c31-24-13-6-14-30(24)18-20-8-4-7-19(15-20)17-27-26(33)29-23-12-5-11-22(16-23)28-25(32)21-9-2-1-3-10-21/h1-5,7-12,15-16H,6,13-14,17-18H2,(H,28,32)(H2,27,29,33). The highest BCUT2D eigenvalue weighted by atomic mass is 16.2. The van der Waals surface area contributed by atoms with E-state index in [-0.39, 0.29) is 17.8 Å². The van der Waals surface area contributed by atoms with Crippen LogP contribution in [0.25, 0.3) is 0 Å². The van der Waals surface area contributed by atoms with E-state index >= 15 is 0 Å². The topological polar surface area (TPSA) is 90.5 Å². The minimum absolute atomic E-state index is 0.195. The van der Waals surface area contributed by atoms with Gasteiger partial charge in [0.15, 0.2) is 0 Å². The highest BCUT2D eigenvalue weighted by Gasteiger charge is 2.19. The maximum absolute atomic E-state index is 12.4. The predicted octanol–water partition coefficient (Wildman–Crippen LogP) is 4.38. The number of carbonyl (C=O) groups excluding carboxylic acids is 3. The van der Waals surface area contributed by atoms with Crippen LogP contribution in [0, 0.1) is 0 Å². The van der Waals surface area contributed by atoms with Crippen LogP contribution in [0.5, 0.6) is 0 Å². The van der Waals surface area contributed by atoms with Crippen LogP contribution in [0.4, 0.5) is 16.2 Å². The lowest BCUT2D eigenvalue weighted by Crippen LogP contribution is -2.28. The first-order chi connectivity index (χ1) is 16.1. The molecule has 0 saturated carbocycles. The number of likely N-dealkylation sites (tertiary alicyclic amines) is 1. The molecule has 1 aliphatic rings. The number of benzene rings is 3. The summed E-state index contributed by atoms with van der Waals surface area (Å²) in [4.78, 5) is 38.4. The van der Waals surface area contributed by atoms with Gasteiger partial charge in [0.1, 0.15) is 0 Å². The number of carbonyl (C=O) groups is 3. The number of anilines is 2. The third-order valence-corrected chi connectivity index (χ3v) is 5.40. The van der Waals surface area contributed by atoms with Gasteiger partial charge in [0.2, 0.25) is 5.91 Å². The summed E-state index contributed by atoms with van der Waals surface area (Å²) in [6.45, 7) is 1.76. The molecule has 7 heteroatoms. The molecule has 1 aliphatic heterocycles. The Morgan fingerprint density at radius 1 is 0.818 bits per heavy atom. The third kappa shape index (κ3) is 6.20. The molecule has 1 heterocycles. The molecule has 0 bridgehead atoms. The van der Waals surface area contributed by atoms with Gasteiger partial charge in [-0.1, -0.05) is 48.5 Å². The van der Waals surface area contributed by atoms with Crippen LogP contribution in [0.1, 0.15) is 34.3 Å². The van der Waals surface area contributed by atoms with E-state index in [2.05, 4.69) is 16.0 Å². The van der Waals surface area contributed by atoms with Crippen molar-refractivity contribution in [1.82, 2.24) is 10.2 Å². The summed E-state index contributed by atoms with van der Waals surface area (Å²) in [5.74, 6) is -0.0205. The van der Waals surface area contributed by atoms with Crippen molar-refractivity contribution in [3.05, 3.63) is 95.6 Å². The van der Waals surface area contributed by atoms with Gasteiger partial charge in [0.25, 0.3) is 5.91 Å². The van der Waals surface area contributed by atoms with E-state index in [1.165, 1.54) is 0 Å². The number of amides is 4. The van der Waals surface area contributed by atoms with Crippen LogP contribution in [-0.2, 0) is 17.9 Å². The van der Waals surface area contributed by atoms with E-state index in [1.54, 1.807) is 48.5 Å². The second-order valence-electron chi connectivity index (χ2n) is 7.95. The Bertz CT molecular complexity index is 1150. The Labute approximate surface area is 192 Å². The van der Waals surface area contributed by atoms with Gasteiger partial charge in [-0.3, -0.25) is 9.59 Å². The molecule has 1 fully saturated rings. The van der Waals surface area contributed by atoms with Crippen molar-refractivity contribution in [2.24, 2.45) is 0 Å². The van der Waals surface area contributed by atoms with E-state index < -0.39 is 0 Å². The van der Waals surface area contributed by atoms with E-state index in [1.807, 2.05) is 35.2 Å². The quantitative estimate of drug-likeness (QED) is 0.507. The van der Waals surface area contributed by atoms with Gasteiger partial charge in [0.05, 0.1) is 0 Å². The smallest absolute Gasteiger partial charge is 0.319 e. The molecule has 0 radical (unpaired) electrons. The minimum atomic E-state index is -0.346. The number of nitrogens with zero attached hydrogens (tertiary/aromatic N) is 1. The number of rotatable bonds is 7. The Morgan fingerprint density at radius 3 is 2.30 bits per heavy atom. The molecule has 168 valence electrons. The summed E-state index contributed by atoms with van der Waals surface area (Å²) in [6.07, 6.45) is 1.54. The lowest BCUT2D eigenvalue weighted by Gasteiger charge is -2.16. The highest BCUT2D eigenvalue weighted by molar-refractivity contribution is 6.04. The largest absolute Gasteiger partial charge is 0.338 e. The summed E-state index contributed by atoms with van der Waals surface area (Å²) >= 11 is 0. The van der Waals surface area contributed by atoms with Crippen molar-refractivity contribution in [1.29, 1.82) is 0 Å². The second kappa shape index (κ2) is 10.5. The molecule has 3 aromatic rings. The number of nitrogens with one attached hydrogen (secondary N) is 3. The van der Waals surface area contributed by atoms with Gasteiger partial charge in [-0.2, -0.15) is 0 Å². The summed E-state index contributed by atoms with van der Waals surface area (Å²) in [5.41, 5.74) is 3.72. The van der Waals surface area contributed by atoms with Crippen molar-refractivity contribution in [3.8, 4) is 0 Å².